The van der Waals surface area contributed by atoms with Crippen LogP contribution in [0.15, 0.2) is 22.6 Å². The number of aromatic nitrogens is 4. The summed E-state index contributed by atoms with van der Waals surface area (Å²) in [4.78, 5) is 19.8. The minimum atomic E-state index is -0.956. The second kappa shape index (κ2) is 5.00. The molecule has 0 fully saturated rings. The van der Waals surface area contributed by atoms with Crippen LogP contribution in [-0.4, -0.2) is 31.2 Å². The molecule has 1 aliphatic carbocycles. The lowest BCUT2D eigenvalue weighted by molar-refractivity contribution is 0.0692. The third-order valence-electron chi connectivity index (χ3n) is 3.08. The molecular weight excluding hydrogens is 264 g/mol. The lowest BCUT2D eigenvalue weighted by Crippen LogP contribution is -2.10. The van der Waals surface area contributed by atoms with Crippen molar-refractivity contribution in [1.29, 1.82) is 0 Å². The molecule has 0 aliphatic heterocycles. The molecule has 0 radical (unpaired) electrons. The number of H-pyrrole nitrogens is 1. The van der Waals surface area contributed by atoms with E-state index < -0.39 is 5.97 Å². The first-order valence-electron chi connectivity index (χ1n) is 6.03. The molecule has 2 aromatic heterocycles. The van der Waals surface area contributed by atoms with Crippen molar-refractivity contribution in [2.75, 3.05) is 0 Å². The minimum absolute atomic E-state index is 0.238. The summed E-state index contributed by atoms with van der Waals surface area (Å²) >= 11 is 1.20. The molecule has 0 saturated carbocycles. The summed E-state index contributed by atoms with van der Waals surface area (Å²) in [6, 6.07) is 1.75. The van der Waals surface area contributed by atoms with E-state index >= 15 is 0 Å². The third-order valence-corrected chi connectivity index (χ3v) is 3.98. The van der Waals surface area contributed by atoms with Crippen LogP contribution in [0.3, 0.4) is 0 Å². The van der Waals surface area contributed by atoms with Crippen LogP contribution in [0.2, 0.25) is 0 Å². The molecule has 0 saturated heterocycles. The fraction of sp³-hybridized carbons (Fsp3) is 0.333. The van der Waals surface area contributed by atoms with E-state index in [1.54, 1.807) is 6.07 Å². The van der Waals surface area contributed by atoms with Gasteiger partial charge in [-0.2, -0.15) is 5.10 Å². The van der Waals surface area contributed by atoms with Crippen LogP contribution in [0.1, 0.15) is 34.5 Å². The zero-order chi connectivity index (χ0) is 13.2. The van der Waals surface area contributed by atoms with Gasteiger partial charge in [0.15, 0.2) is 5.16 Å². The number of nitrogens with one attached hydrogen (secondary N) is 1. The maximum absolute atomic E-state index is 11.3. The first kappa shape index (κ1) is 12.2. The highest BCUT2D eigenvalue weighted by Crippen LogP contribution is 2.30. The molecule has 98 valence electrons. The van der Waals surface area contributed by atoms with Crippen molar-refractivity contribution in [1.82, 2.24) is 20.2 Å². The molecule has 0 bridgehead atoms. The molecule has 0 atom stereocenters. The van der Waals surface area contributed by atoms with Gasteiger partial charge in [0.2, 0.25) is 0 Å². The van der Waals surface area contributed by atoms with Gasteiger partial charge in [0.05, 0.1) is 5.56 Å². The Balaban J connectivity index is 2.03. The number of aryl methyl sites for hydroxylation is 2. The standard InChI is InChI=1S/C12H12N4O2S/c17-11(18)8-5-7-3-1-2-4-9(7)15-10(8)19-12-13-6-14-16-12/h5-6H,1-4H2,(H,17,18)(H,13,14,16). The van der Waals surface area contributed by atoms with Crippen molar-refractivity contribution in [2.24, 2.45) is 0 Å². The highest BCUT2D eigenvalue weighted by molar-refractivity contribution is 7.99. The smallest absolute Gasteiger partial charge is 0.338 e. The Kier molecular flexibility index (Phi) is 3.20. The zero-order valence-electron chi connectivity index (χ0n) is 10.1. The molecule has 2 aromatic rings. The average molecular weight is 276 g/mol. The van der Waals surface area contributed by atoms with E-state index in [9.17, 15) is 9.90 Å². The monoisotopic (exact) mass is 276 g/mol. The fourth-order valence-corrected chi connectivity index (χ4v) is 2.97. The van der Waals surface area contributed by atoms with Crippen molar-refractivity contribution >= 4 is 17.7 Å². The minimum Gasteiger partial charge on any atom is -0.478 e. The third kappa shape index (κ3) is 2.46. The van der Waals surface area contributed by atoms with E-state index in [1.165, 1.54) is 18.1 Å². The SMILES string of the molecule is O=C(O)c1cc2c(nc1Sc1ncn[nH]1)CCCC2. The Labute approximate surface area is 113 Å². The largest absolute Gasteiger partial charge is 0.478 e. The lowest BCUT2D eigenvalue weighted by atomic mass is 9.95. The molecule has 0 unspecified atom stereocenters. The summed E-state index contributed by atoms with van der Waals surface area (Å²) in [6.07, 6.45) is 5.43. The number of pyridine rings is 1. The maximum atomic E-state index is 11.3. The summed E-state index contributed by atoms with van der Waals surface area (Å²) in [5.74, 6) is -0.956. The van der Waals surface area contributed by atoms with Crippen LogP contribution in [0.5, 0.6) is 0 Å². The summed E-state index contributed by atoms with van der Waals surface area (Å²) < 4.78 is 0. The van der Waals surface area contributed by atoms with Crippen molar-refractivity contribution in [3.8, 4) is 0 Å². The van der Waals surface area contributed by atoms with E-state index in [1.807, 2.05) is 0 Å². The summed E-state index contributed by atoms with van der Waals surface area (Å²) in [7, 11) is 0. The number of fused-ring (bicyclic) bond motifs is 1. The Morgan fingerprint density at radius 3 is 2.95 bits per heavy atom. The highest BCUT2D eigenvalue weighted by Gasteiger charge is 2.20. The predicted octanol–water partition coefficient (Wildman–Crippen LogP) is 1.93. The summed E-state index contributed by atoms with van der Waals surface area (Å²) in [5, 5.41) is 16.8. The molecule has 0 amide bonds. The quantitative estimate of drug-likeness (QED) is 0.890. The second-order valence-electron chi connectivity index (χ2n) is 4.35. The topological polar surface area (TPSA) is 91.8 Å². The molecule has 0 aromatic carbocycles. The van der Waals surface area contributed by atoms with Crippen LogP contribution >= 0.6 is 11.8 Å². The molecule has 0 spiro atoms. The predicted molar refractivity (Wildman–Crippen MR) is 68.3 cm³/mol. The van der Waals surface area contributed by atoms with Gasteiger partial charge in [0, 0.05) is 5.69 Å². The van der Waals surface area contributed by atoms with Gasteiger partial charge in [-0.1, -0.05) is 0 Å². The normalized spacial score (nSPS) is 14.1. The van der Waals surface area contributed by atoms with E-state index in [-0.39, 0.29) is 5.56 Å². The van der Waals surface area contributed by atoms with Crippen LogP contribution in [0, 0.1) is 0 Å². The van der Waals surface area contributed by atoms with Crippen LogP contribution in [0.25, 0.3) is 0 Å². The van der Waals surface area contributed by atoms with Gasteiger partial charge in [-0.3, -0.25) is 5.10 Å². The van der Waals surface area contributed by atoms with E-state index in [4.69, 9.17) is 0 Å². The van der Waals surface area contributed by atoms with Crippen molar-refractivity contribution in [3.63, 3.8) is 0 Å². The van der Waals surface area contributed by atoms with Crippen molar-refractivity contribution < 1.29 is 9.90 Å². The van der Waals surface area contributed by atoms with Gasteiger partial charge in [-0.15, -0.1) is 0 Å². The Hall–Kier alpha value is -1.89. The zero-order valence-corrected chi connectivity index (χ0v) is 10.9. The molecular formula is C12H12N4O2S. The molecule has 7 heteroatoms. The molecule has 1 aliphatic rings. The molecule has 6 nitrogen and oxygen atoms in total. The number of hydrogen-bond acceptors (Lipinski definition) is 5. The van der Waals surface area contributed by atoms with Gasteiger partial charge in [-0.25, -0.2) is 14.8 Å². The molecule has 3 rings (SSSR count). The number of rotatable bonds is 3. The van der Waals surface area contributed by atoms with Crippen LogP contribution in [0.4, 0.5) is 0 Å². The van der Waals surface area contributed by atoms with Crippen molar-refractivity contribution in [3.05, 3.63) is 29.2 Å². The van der Waals surface area contributed by atoms with E-state index in [0.717, 1.165) is 36.9 Å². The van der Waals surface area contributed by atoms with Gasteiger partial charge in [-0.05, 0) is 49.1 Å². The fourth-order valence-electron chi connectivity index (χ4n) is 2.18. The lowest BCUT2D eigenvalue weighted by Gasteiger charge is -2.16. The van der Waals surface area contributed by atoms with Gasteiger partial charge >= 0.3 is 5.97 Å². The summed E-state index contributed by atoms with van der Waals surface area (Å²) in [5.41, 5.74) is 2.31. The van der Waals surface area contributed by atoms with Crippen molar-refractivity contribution in [2.45, 2.75) is 35.9 Å². The van der Waals surface area contributed by atoms with Gasteiger partial charge in [0.25, 0.3) is 0 Å². The second-order valence-corrected chi connectivity index (χ2v) is 5.33. The molecule has 2 N–H and O–H groups in total. The van der Waals surface area contributed by atoms with Crippen LogP contribution < -0.4 is 0 Å². The molecule has 19 heavy (non-hydrogen) atoms. The number of nitrogens with zero attached hydrogens (tertiary/aromatic N) is 3. The Morgan fingerprint density at radius 1 is 1.37 bits per heavy atom. The average Bonchev–Trinajstić information content (AvgIpc) is 2.90. The first-order chi connectivity index (χ1) is 9.24. The maximum Gasteiger partial charge on any atom is 0.338 e. The van der Waals surface area contributed by atoms with Gasteiger partial charge in [0.1, 0.15) is 11.4 Å². The first-order valence-corrected chi connectivity index (χ1v) is 6.85. The number of hydrogen-bond donors (Lipinski definition) is 2. The number of carboxylic acids is 1. The van der Waals surface area contributed by atoms with E-state index in [2.05, 4.69) is 20.2 Å². The Bertz CT molecular complexity index is 612. The highest BCUT2D eigenvalue weighted by atomic mass is 32.2. The molecule has 2 heterocycles. The number of aromatic amines is 1. The Morgan fingerprint density at radius 2 is 2.21 bits per heavy atom. The van der Waals surface area contributed by atoms with Gasteiger partial charge < -0.3 is 5.11 Å². The number of carbonyl (C=O) groups is 1. The number of aromatic carboxylic acids is 1. The van der Waals surface area contributed by atoms with E-state index in [0.29, 0.717) is 10.2 Å². The number of carboxylic acid groups (broad SMARTS) is 1. The summed E-state index contributed by atoms with van der Waals surface area (Å²) in [6.45, 7) is 0. The van der Waals surface area contributed by atoms with Crippen LogP contribution in [-0.2, 0) is 12.8 Å².